The van der Waals surface area contributed by atoms with Crippen molar-refractivity contribution >= 4 is 48.0 Å². The zero-order chi connectivity index (χ0) is 23.3. The van der Waals surface area contributed by atoms with Crippen LogP contribution in [0.1, 0.15) is 34.3 Å². The summed E-state index contributed by atoms with van der Waals surface area (Å²) in [5.74, 6) is 0. The first-order valence-corrected chi connectivity index (χ1v) is 12.5. The minimum atomic E-state index is 0. The van der Waals surface area contributed by atoms with Crippen molar-refractivity contribution in [3.05, 3.63) is 141 Å². The molecule has 0 N–H and O–H groups in total. The number of rotatable bonds is 6. The molecule has 5 rings (SSSR count). The van der Waals surface area contributed by atoms with E-state index < -0.39 is 0 Å². The second-order valence-electron chi connectivity index (χ2n) is 8.74. The van der Waals surface area contributed by atoms with Crippen LogP contribution in [-0.4, -0.2) is 36.0 Å². The van der Waals surface area contributed by atoms with Gasteiger partial charge in [0, 0.05) is 36.2 Å². The normalized spacial score (nSPS) is 15.8. The molecule has 1 aliphatic heterocycles. The summed E-state index contributed by atoms with van der Waals surface area (Å²) in [4.78, 5) is 5.11. The van der Waals surface area contributed by atoms with E-state index in [1.807, 2.05) is 24.3 Å². The molecule has 1 fully saturated rings. The summed E-state index contributed by atoms with van der Waals surface area (Å²) in [5, 5.41) is 1.63. The van der Waals surface area contributed by atoms with E-state index >= 15 is 0 Å². The minimum absolute atomic E-state index is 0. The molecule has 1 aliphatic rings. The van der Waals surface area contributed by atoms with Gasteiger partial charge in [-0.05, 0) is 34.4 Å². The van der Waals surface area contributed by atoms with Crippen molar-refractivity contribution in [1.29, 1.82) is 0 Å². The van der Waals surface area contributed by atoms with Crippen LogP contribution in [0.2, 0.25) is 10.0 Å². The lowest BCUT2D eigenvalue weighted by Crippen LogP contribution is -2.49. The largest absolute Gasteiger partial charge is 0.290 e. The first kappa shape index (κ1) is 28.5. The lowest BCUT2D eigenvalue weighted by atomic mass is 9.94. The Morgan fingerprint density at radius 1 is 0.444 bits per heavy atom. The fraction of sp³-hybridized carbons (Fsp3) is 0.200. The van der Waals surface area contributed by atoms with Gasteiger partial charge in [0.05, 0.1) is 12.1 Å². The Morgan fingerprint density at radius 2 is 0.750 bits per heavy atom. The van der Waals surface area contributed by atoms with Crippen molar-refractivity contribution in [2.75, 3.05) is 26.2 Å². The maximum absolute atomic E-state index is 6.69. The summed E-state index contributed by atoms with van der Waals surface area (Å²) in [5.41, 5.74) is 4.87. The van der Waals surface area contributed by atoms with Crippen LogP contribution in [0.5, 0.6) is 0 Å². The van der Waals surface area contributed by atoms with Gasteiger partial charge in [0.2, 0.25) is 0 Å². The van der Waals surface area contributed by atoms with E-state index in [2.05, 4.69) is 94.7 Å². The van der Waals surface area contributed by atoms with Crippen molar-refractivity contribution in [2.45, 2.75) is 12.1 Å². The number of piperazine rings is 1. The van der Waals surface area contributed by atoms with E-state index in [4.69, 9.17) is 23.2 Å². The van der Waals surface area contributed by atoms with E-state index in [0.29, 0.717) is 0 Å². The van der Waals surface area contributed by atoms with Crippen LogP contribution in [0, 0.1) is 0 Å². The number of halogens is 4. The quantitative estimate of drug-likeness (QED) is 0.234. The molecule has 0 radical (unpaired) electrons. The summed E-state index contributed by atoms with van der Waals surface area (Å²) in [7, 11) is 0. The van der Waals surface area contributed by atoms with Gasteiger partial charge in [0.1, 0.15) is 0 Å². The van der Waals surface area contributed by atoms with Crippen molar-refractivity contribution < 1.29 is 0 Å². The van der Waals surface area contributed by atoms with E-state index in [-0.39, 0.29) is 36.9 Å². The summed E-state index contributed by atoms with van der Waals surface area (Å²) in [6.45, 7) is 3.77. The van der Waals surface area contributed by atoms with Gasteiger partial charge < -0.3 is 0 Å². The molecular formula is C30H30Cl4N2. The summed E-state index contributed by atoms with van der Waals surface area (Å²) in [6.07, 6.45) is 0. The standard InChI is InChI=1S/C30H28Cl2N2.2ClH/c31-27-17-9-7-15-25(27)29(23-11-3-1-4-12-23)33-19-21-34(22-20-33)30(24-13-5-2-6-14-24)26-16-8-10-18-28(26)32;;/h1-18,29-30H,19-22H2;2*1H. The third-order valence-electron chi connectivity index (χ3n) is 6.71. The van der Waals surface area contributed by atoms with Crippen LogP contribution in [0.3, 0.4) is 0 Å². The monoisotopic (exact) mass is 558 g/mol. The molecule has 6 heteroatoms. The van der Waals surface area contributed by atoms with Gasteiger partial charge in [0.15, 0.2) is 0 Å². The van der Waals surface area contributed by atoms with E-state index in [0.717, 1.165) is 47.4 Å². The van der Waals surface area contributed by atoms with Crippen molar-refractivity contribution in [3.63, 3.8) is 0 Å². The highest BCUT2D eigenvalue weighted by Gasteiger charge is 2.32. The minimum Gasteiger partial charge on any atom is -0.290 e. The predicted octanol–water partition coefficient (Wildman–Crippen LogP) is 8.33. The molecule has 4 aromatic rings. The van der Waals surface area contributed by atoms with Crippen LogP contribution < -0.4 is 0 Å². The maximum Gasteiger partial charge on any atom is 0.0617 e. The Hall–Kier alpha value is -2.04. The molecule has 4 aromatic carbocycles. The molecule has 36 heavy (non-hydrogen) atoms. The molecule has 0 saturated carbocycles. The number of nitrogens with zero attached hydrogens (tertiary/aromatic N) is 2. The smallest absolute Gasteiger partial charge is 0.0617 e. The second kappa shape index (κ2) is 13.5. The molecule has 1 heterocycles. The molecule has 2 unspecified atom stereocenters. The van der Waals surface area contributed by atoms with Gasteiger partial charge in [-0.15, -0.1) is 24.8 Å². The highest BCUT2D eigenvalue weighted by molar-refractivity contribution is 6.31. The van der Waals surface area contributed by atoms with Gasteiger partial charge in [0.25, 0.3) is 0 Å². The molecule has 0 aromatic heterocycles. The van der Waals surface area contributed by atoms with Crippen molar-refractivity contribution in [2.24, 2.45) is 0 Å². The van der Waals surface area contributed by atoms with E-state index in [9.17, 15) is 0 Å². The number of hydrogen-bond acceptors (Lipinski definition) is 2. The fourth-order valence-electron chi connectivity index (χ4n) is 5.09. The van der Waals surface area contributed by atoms with Crippen LogP contribution >= 0.6 is 48.0 Å². The zero-order valence-corrected chi connectivity index (χ0v) is 23.0. The lowest BCUT2D eigenvalue weighted by molar-refractivity contribution is 0.0899. The Bertz CT molecular complexity index is 1110. The first-order chi connectivity index (χ1) is 16.7. The Balaban J connectivity index is 0.00000180. The average molecular weight is 560 g/mol. The lowest BCUT2D eigenvalue weighted by Gasteiger charge is -2.43. The third kappa shape index (κ3) is 6.26. The molecule has 0 aliphatic carbocycles. The van der Waals surface area contributed by atoms with Gasteiger partial charge in [-0.1, -0.05) is 120 Å². The maximum atomic E-state index is 6.69. The van der Waals surface area contributed by atoms with Gasteiger partial charge >= 0.3 is 0 Å². The molecule has 0 spiro atoms. The Morgan fingerprint density at radius 3 is 1.08 bits per heavy atom. The van der Waals surface area contributed by atoms with E-state index in [1.54, 1.807) is 0 Å². The van der Waals surface area contributed by atoms with Crippen LogP contribution in [0.15, 0.2) is 109 Å². The van der Waals surface area contributed by atoms with Gasteiger partial charge in [-0.25, -0.2) is 0 Å². The van der Waals surface area contributed by atoms with Crippen molar-refractivity contribution in [3.8, 4) is 0 Å². The highest BCUT2D eigenvalue weighted by atomic mass is 35.5. The van der Waals surface area contributed by atoms with Gasteiger partial charge in [-0.3, -0.25) is 9.80 Å². The van der Waals surface area contributed by atoms with Crippen molar-refractivity contribution in [1.82, 2.24) is 9.80 Å². The second-order valence-corrected chi connectivity index (χ2v) is 9.56. The molecule has 0 bridgehead atoms. The molecular weight excluding hydrogens is 530 g/mol. The molecule has 0 amide bonds. The van der Waals surface area contributed by atoms with Crippen LogP contribution in [-0.2, 0) is 0 Å². The number of hydrogen-bond donors (Lipinski definition) is 0. The first-order valence-electron chi connectivity index (χ1n) is 11.8. The Kier molecular flexibility index (Phi) is 10.7. The van der Waals surface area contributed by atoms with Crippen LogP contribution in [0.25, 0.3) is 0 Å². The summed E-state index contributed by atoms with van der Waals surface area (Å²) >= 11 is 13.4. The summed E-state index contributed by atoms with van der Waals surface area (Å²) < 4.78 is 0. The number of benzene rings is 4. The zero-order valence-electron chi connectivity index (χ0n) is 19.8. The van der Waals surface area contributed by atoms with Gasteiger partial charge in [-0.2, -0.15) is 0 Å². The third-order valence-corrected chi connectivity index (χ3v) is 7.40. The molecule has 2 atom stereocenters. The molecule has 188 valence electrons. The topological polar surface area (TPSA) is 6.48 Å². The highest BCUT2D eigenvalue weighted by Crippen LogP contribution is 2.37. The fourth-order valence-corrected chi connectivity index (χ4v) is 5.57. The molecule has 2 nitrogen and oxygen atoms in total. The Labute approximate surface area is 236 Å². The summed E-state index contributed by atoms with van der Waals surface area (Å²) in [6, 6.07) is 38.1. The SMILES string of the molecule is Cl.Cl.Clc1ccccc1C(c1ccccc1)N1CCN(C(c2ccccc2)c2ccccc2Cl)CC1. The van der Waals surface area contributed by atoms with E-state index in [1.165, 1.54) is 11.1 Å². The van der Waals surface area contributed by atoms with Crippen LogP contribution in [0.4, 0.5) is 0 Å². The predicted molar refractivity (Wildman–Crippen MR) is 157 cm³/mol. The molecule has 1 saturated heterocycles. The average Bonchev–Trinajstić information content (AvgIpc) is 2.89.